The third-order valence-corrected chi connectivity index (χ3v) is 3.92. The fourth-order valence-corrected chi connectivity index (χ4v) is 2.77. The van der Waals surface area contributed by atoms with Crippen LogP contribution in [0.2, 0.25) is 5.02 Å². The van der Waals surface area contributed by atoms with E-state index in [9.17, 15) is 4.79 Å². The molecule has 5 nitrogen and oxygen atoms in total. The van der Waals surface area contributed by atoms with Gasteiger partial charge in [-0.1, -0.05) is 37.4 Å². The summed E-state index contributed by atoms with van der Waals surface area (Å²) < 4.78 is 0. The fourth-order valence-electron chi connectivity index (χ4n) is 2.40. The number of aryl methyl sites for hydroxylation is 2. The van der Waals surface area contributed by atoms with E-state index in [1.807, 2.05) is 26.0 Å². The van der Waals surface area contributed by atoms with Gasteiger partial charge in [-0.15, -0.1) is 0 Å². The Morgan fingerprint density at radius 1 is 1.25 bits per heavy atom. The van der Waals surface area contributed by atoms with E-state index < -0.39 is 0 Å². The monoisotopic (exact) mass is 346 g/mol. The number of nitrogens with zero attached hydrogens (tertiary/aromatic N) is 2. The van der Waals surface area contributed by atoms with Gasteiger partial charge >= 0.3 is 0 Å². The van der Waals surface area contributed by atoms with Gasteiger partial charge in [-0.25, -0.2) is 9.97 Å². The molecule has 0 unspecified atom stereocenters. The molecule has 0 spiro atoms. The largest absolute Gasteiger partial charge is 0.354 e. The molecular weight excluding hydrogens is 324 g/mol. The number of benzene rings is 1. The van der Waals surface area contributed by atoms with Gasteiger partial charge in [0, 0.05) is 12.7 Å². The molecule has 0 atom stereocenters. The highest BCUT2D eigenvalue weighted by atomic mass is 35.5. The third-order valence-electron chi connectivity index (χ3n) is 3.62. The van der Waals surface area contributed by atoms with Crippen molar-refractivity contribution in [1.82, 2.24) is 9.97 Å². The Kier molecular flexibility index (Phi) is 6.55. The second-order valence-electron chi connectivity index (χ2n) is 5.79. The number of nitrogens with one attached hydrogen (secondary N) is 2. The molecule has 24 heavy (non-hydrogen) atoms. The summed E-state index contributed by atoms with van der Waals surface area (Å²) in [6, 6.07) is 5.39. The minimum atomic E-state index is -0.303. The number of carbonyl (C=O) groups excluding carboxylic acids is 1. The van der Waals surface area contributed by atoms with Crippen molar-refractivity contribution >= 4 is 29.1 Å². The van der Waals surface area contributed by atoms with Gasteiger partial charge in [-0.2, -0.15) is 0 Å². The van der Waals surface area contributed by atoms with Crippen molar-refractivity contribution in [3.8, 4) is 0 Å². The van der Waals surface area contributed by atoms with Crippen molar-refractivity contribution in [3.63, 3.8) is 0 Å². The number of aromatic nitrogens is 2. The van der Waals surface area contributed by atoms with E-state index in [0.717, 1.165) is 36.9 Å². The van der Waals surface area contributed by atoms with Gasteiger partial charge in [0.25, 0.3) is 5.91 Å². The van der Waals surface area contributed by atoms with E-state index in [4.69, 9.17) is 11.6 Å². The van der Waals surface area contributed by atoms with Crippen LogP contribution in [0.25, 0.3) is 0 Å². The minimum absolute atomic E-state index is 0.303. The molecule has 0 saturated carbocycles. The zero-order chi connectivity index (χ0) is 17.5. The van der Waals surface area contributed by atoms with Crippen molar-refractivity contribution in [2.45, 2.75) is 40.0 Å². The Bertz CT molecular complexity index is 695. The maximum atomic E-state index is 12.4. The van der Waals surface area contributed by atoms with Crippen LogP contribution in [-0.2, 0) is 0 Å². The summed E-state index contributed by atoms with van der Waals surface area (Å²) in [6.07, 6.45) is 4.93. The molecule has 2 aromatic rings. The van der Waals surface area contributed by atoms with Crippen molar-refractivity contribution in [2.75, 3.05) is 17.2 Å². The summed E-state index contributed by atoms with van der Waals surface area (Å²) in [5, 5.41) is 6.50. The maximum absolute atomic E-state index is 12.4. The molecule has 0 bridgehead atoms. The van der Waals surface area contributed by atoms with Gasteiger partial charge in [0.15, 0.2) is 0 Å². The lowest BCUT2D eigenvalue weighted by molar-refractivity contribution is 0.102. The van der Waals surface area contributed by atoms with Crippen LogP contribution in [0, 0.1) is 13.8 Å². The highest BCUT2D eigenvalue weighted by molar-refractivity contribution is 6.34. The molecule has 1 amide bonds. The summed E-state index contributed by atoms with van der Waals surface area (Å²) in [7, 11) is 0. The Labute approximate surface area is 147 Å². The summed E-state index contributed by atoms with van der Waals surface area (Å²) in [6.45, 7) is 6.82. The van der Waals surface area contributed by atoms with E-state index in [-0.39, 0.29) is 5.91 Å². The highest BCUT2D eigenvalue weighted by Crippen LogP contribution is 2.27. The molecule has 2 N–H and O–H groups in total. The van der Waals surface area contributed by atoms with Crippen LogP contribution in [0.15, 0.2) is 24.4 Å². The average Bonchev–Trinajstić information content (AvgIpc) is 2.55. The molecule has 0 saturated heterocycles. The first-order chi connectivity index (χ1) is 11.5. The lowest BCUT2D eigenvalue weighted by Crippen LogP contribution is -2.16. The molecular formula is C18H23ClN4O. The van der Waals surface area contributed by atoms with Gasteiger partial charge in [-0.05, 0) is 43.5 Å². The first kappa shape index (κ1) is 18.2. The molecule has 1 heterocycles. The summed E-state index contributed by atoms with van der Waals surface area (Å²) in [5.41, 5.74) is 2.89. The predicted molar refractivity (Wildman–Crippen MR) is 98.9 cm³/mol. The van der Waals surface area contributed by atoms with Crippen LogP contribution in [0.3, 0.4) is 0 Å². The molecule has 0 fully saturated rings. The van der Waals surface area contributed by atoms with Gasteiger partial charge in [0.1, 0.15) is 5.69 Å². The zero-order valence-corrected chi connectivity index (χ0v) is 15.1. The molecule has 0 aliphatic carbocycles. The normalized spacial score (nSPS) is 10.5. The highest BCUT2D eigenvalue weighted by Gasteiger charge is 2.13. The topological polar surface area (TPSA) is 66.9 Å². The van der Waals surface area contributed by atoms with Gasteiger partial charge in [-0.3, -0.25) is 4.79 Å². The number of hydrogen-bond donors (Lipinski definition) is 2. The van der Waals surface area contributed by atoms with E-state index >= 15 is 0 Å². The predicted octanol–water partition coefficient (Wildman–Crippen LogP) is 4.60. The standard InChI is InChI=1S/C18H23ClN4O/c1-4-5-6-8-20-18-21-9-7-15(22-18)17(24)23-16-13(3)10-12(2)11-14(16)19/h7,9-11H,4-6,8H2,1-3H3,(H,23,24)(H,20,21,22). The molecule has 6 heteroatoms. The van der Waals surface area contributed by atoms with Gasteiger partial charge < -0.3 is 10.6 Å². The van der Waals surface area contributed by atoms with E-state index in [1.54, 1.807) is 12.3 Å². The molecule has 1 aromatic heterocycles. The van der Waals surface area contributed by atoms with E-state index in [2.05, 4.69) is 27.5 Å². The summed E-state index contributed by atoms with van der Waals surface area (Å²) in [5.74, 6) is 0.160. The minimum Gasteiger partial charge on any atom is -0.354 e. The average molecular weight is 347 g/mol. The Hall–Kier alpha value is -2.14. The van der Waals surface area contributed by atoms with Crippen molar-refractivity contribution in [1.29, 1.82) is 0 Å². The molecule has 0 aliphatic rings. The maximum Gasteiger partial charge on any atom is 0.274 e. The number of unbranched alkanes of at least 4 members (excludes halogenated alkanes) is 2. The van der Waals surface area contributed by atoms with Crippen LogP contribution in [-0.4, -0.2) is 22.4 Å². The Morgan fingerprint density at radius 2 is 2.04 bits per heavy atom. The number of amides is 1. The lowest BCUT2D eigenvalue weighted by Gasteiger charge is -2.11. The van der Waals surface area contributed by atoms with Crippen LogP contribution in [0.1, 0.15) is 47.8 Å². The molecule has 128 valence electrons. The SMILES string of the molecule is CCCCCNc1nccc(C(=O)Nc2c(C)cc(C)cc2Cl)n1. The lowest BCUT2D eigenvalue weighted by atomic mass is 10.1. The summed E-state index contributed by atoms with van der Waals surface area (Å²) >= 11 is 6.24. The Morgan fingerprint density at radius 3 is 2.75 bits per heavy atom. The van der Waals surface area contributed by atoms with Crippen LogP contribution in [0.4, 0.5) is 11.6 Å². The number of hydrogen-bond acceptors (Lipinski definition) is 4. The van der Waals surface area contributed by atoms with E-state index in [1.165, 1.54) is 0 Å². The van der Waals surface area contributed by atoms with Crippen LogP contribution < -0.4 is 10.6 Å². The first-order valence-corrected chi connectivity index (χ1v) is 8.54. The number of rotatable bonds is 7. The second-order valence-corrected chi connectivity index (χ2v) is 6.20. The third kappa shape index (κ3) is 4.93. The summed E-state index contributed by atoms with van der Waals surface area (Å²) in [4.78, 5) is 20.9. The quantitative estimate of drug-likeness (QED) is 0.719. The second kappa shape index (κ2) is 8.64. The zero-order valence-electron chi connectivity index (χ0n) is 14.3. The van der Waals surface area contributed by atoms with Crippen LogP contribution in [0.5, 0.6) is 0 Å². The molecule has 2 rings (SSSR count). The fraction of sp³-hybridized carbons (Fsp3) is 0.389. The first-order valence-electron chi connectivity index (χ1n) is 8.16. The molecule has 1 aromatic carbocycles. The van der Waals surface area contributed by atoms with Crippen molar-refractivity contribution < 1.29 is 4.79 Å². The smallest absolute Gasteiger partial charge is 0.274 e. The number of anilines is 2. The Balaban J connectivity index is 2.07. The molecule has 0 radical (unpaired) electrons. The number of carbonyl (C=O) groups is 1. The van der Waals surface area contributed by atoms with E-state index in [0.29, 0.717) is 22.4 Å². The van der Waals surface area contributed by atoms with Crippen LogP contribution >= 0.6 is 11.6 Å². The number of halogens is 1. The van der Waals surface area contributed by atoms with Crippen molar-refractivity contribution in [3.05, 3.63) is 46.2 Å². The van der Waals surface area contributed by atoms with Crippen molar-refractivity contribution in [2.24, 2.45) is 0 Å². The molecule has 0 aliphatic heterocycles. The van der Waals surface area contributed by atoms with Gasteiger partial charge in [0.05, 0.1) is 10.7 Å². The van der Waals surface area contributed by atoms with Gasteiger partial charge in [0.2, 0.25) is 5.95 Å².